The minimum Gasteiger partial charge on any atom is -0.455 e. The van der Waals surface area contributed by atoms with Crippen LogP contribution < -0.4 is 5.32 Å². The predicted octanol–water partition coefficient (Wildman–Crippen LogP) is 5.13. The highest BCUT2D eigenvalue weighted by atomic mass is 79.9. The Morgan fingerprint density at radius 3 is 2.81 bits per heavy atom. The molecular weight excluding hydrogens is 522 g/mol. The zero-order chi connectivity index (χ0) is 24.6. The van der Waals surface area contributed by atoms with Gasteiger partial charge in [0.05, 0.1) is 10.7 Å². The summed E-state index contributed by atoms with van der Waals surface area (Å²) >= 11 is 3.75. The van der Waals surface area contributed by atoms with Crippen molar-refractivity contribution in [3.63, 3.8) is 0 Å². The first kappa shape index (κ1) is 21.9. The van der Waals surface area contributed by atoms with Gasteiger partial charge in [-0.3, -0.25) is 0 Å². The molecule has 0 fully saturated rings. The van der Waals surface area contributed by atoms with Gasteiger partial charge >= 0.3 is 0 Å². The molecule has 0 atom stereocenters. The highest BCUT2D eigenvalue weighted by molar-refractivity contribution is 9.10. The second-order valence-electron chi connectivity index (χ2n) is 8.12. The first-order chi connectivity index (χ1) is 17.7. The van der Waals surface area contributed by atoms with Crippen molar-refractivity contribution in [1.82, 2.24) is 35.2 Å². The van der Waals surface area contributed by atoms with Crippen LogP contribution in [0.5, 0.6) is 0 Å². The van der Waals surface area contributed by atoms with E-state index < -0.39 is 0 Å². The van der Waals surface area contributed by atoms with Crippen molar-refractivity contribution in [1.29, 1.82) is 5.26 Å². The van der Waals surface area contributed by atoms with E-state index in [4.69, 9.17) is 4.42 Å². The summed E-state index contributed by atoms with van der Waals surface area (Å²) < 4.78 is 8.76. The Kier molecular flexibility index (Phi) is 5.42. The van der Waals surface area contributed by atoms with Gasteiger partial charge in [0.1, 0.15) is 28.8 Å². The number of nitrogens with one attached hydrogen (secondary N) is 2. The Morgan fingerprint density at radius 1 is 1.17 bits per heavy atom. The van der Waals surface area contributed by atoms with Crippen LogP contribution in [0, 0.1) is 11.3 Å². The third-order valence-corrected chi connectivity index (χ3v) is 6.73. The van der Waals surface area contributed by atoms with Gasteiger partial charge in [-0.2, -0.15) is 14.9 Å². The van der Waals surface area contributed by atoms with Gasteiger partial charge in [-0.25, -0.2) is 10.1 Å². The number of hydrogen-bond donors (Lipinski definition) is 2. The van der Waals surface area contributed by atoms with Crippen molar-refractivity contribution in [3.05, 3.63) is 76.0 Å². The smallest absolute Gasteiger partial charge is 0.180 e. The molecule has 0 bridgehead atoms. The maximum Gasteiger partial charge on any atom is 0.180 e. The summed E-state index contributed by atoms with van der Waals surface area (Å²) in [6.07, 6.45) is 2.29. The molecule has 0 spiro atoms. The Labute approximate surface area is 213 Å². The van der Waals surface area contributed by atoms with E-state index in [2.05, 4.69) is 64.1 Å². The number of nitrogens with zero attached hydrogens (tertiary/aromatic N) is 7. The van der Waals surface area contributed by atoms with Gasteiger partial charge in [-0.15, -0.1) is 5.10 Å². The molecule has 6 rings (SSSR count). The zero-order valence-corrected chi connectivity index (χ0v) is 20.6. The Hall–Kier alpha value is -4.56. The number of H-pyrrole nitrogens is 1. The molecule has 10 nitrogen and oxygen atoms in total. The molecule has 176 valence electrons. The van der Waals surface area contributed by atoms with Crippen molar-refractivity contribution in [2.24, 2.45) is 0 Å². The van der Waals surface area contributed by atoms with Crippen molar-refractivity contribution in [2.45, 2.75) is 19.9 Å². The van der Waals surface area contributed by atoms with Crippen molar-refractivity contribution in [3.8, 4) is 28.8 Å². The fourth-order valence-electron chi connectivity index (χ4n) is 4.15. The second-order valence-corrected chi connectivity index (χ2v) is 8.91. The summed E-state index contributed by atoms with van der Waals surface area (Å²) in [4.78, 5) is 4.55. The van der Waals surface area contributed by atoms with Crippen LogP contribution in [0.1, 0.15) is 23.7 Å². The molecule has 0 saturated carbocycles. The summed E-state index contributed by atoms with van der Waals surface area (Å²) in [6.45, 7) is 2.58. The van der Waals surface area contributed by atoms with Crippen LogP contribution in [0.15, 0.2) is 63.6 Å². The first-order valence-electron chi connectivity index (χ1n) is 11.2. The van der Waals surface area contributed by atoms with E-state index in [1.54, 1.807) is 4.52 Å². The van der Waals surface area contributed by atoms with E-state index in [0.29, 0.717) is 29.3 Å². The average Bonchev–Trinajstić information content (AvgIpc) is 3.66. The van der Waals surface area contributed by atoms with E-state index in [-0.39, 0.29) is 0 Å². The van der Waals surface area contributed by atoms with Crippen LogP contribution in [0.2, 0.25) is 0 Å². The van der Waals surface area contributed by atoms with Crippen LogP contribution in [0.25, 0.3) is 39.3 Å². The Morgan fingerprint density at radius 2 is 2.03 bits per heavy atom. The summed E-state index contributed by atoms with van der Waals surface area (Å²) in [6, 6.07) is 18.0. The van der Waals surface area contributed by atoms with Gasteiger partial charge in [0.15, 0.2) is 11.5 Å². The number of rotatable bonds is 6. The van der Waals surface area contributed by atoms with Gasteiger partial charge in [0.2, 0.25) is 0 Å². The normalized spacial score (nSPS) is 11.2. The summed E-state index contributed by atoms with van der Waals surface area (Å²) in [7, 11) is 0. The molecule has 11 heteroatoms. The standard InChI is InChI=1S/C25H18BrN9O/c1-2-16-10-21(35-25(30-16)15(11-27)13-29-35)28-12-14-7-8-20-19(9-14)22(26)23(36-20)17-5-3-4-6-18(17)24-31-33-34-32-24/h3-10,13,28H,2,12H2,1H3,(H,31,32,33,34). The lowest BCUT2D eigenvalue weighted by Gasteiger charge is -2.10. The first-order valence-corrected chi connectivity index (χ1v) is 12.0. The fraction of sp³-hybridized carbons (Fsp3) is 0.120. The van der Waals surface area contributed by atoms with Gasteiger partial charge in [-0.1, -0.05) is 37.3 Å². The van der Waals surface area contributed by atoms with Crippen molar-refractivity contribution >= 4 is 38.4 Å². The lowest BCUT2D eigenvalue weighted by atomic mass is 10.0. The molecule has 0 saturated heterocycles. The highest BCUT2D eigenvalue weighted by Gasteiger charge is 2.19. The minimum absolute atomic E-state index is 0.450. The number of anilines is 1. The number of aromatic amines is 1. The van der Waals surface area contributed by atoms with Crippen molar-refractivity contribution < 1.29 is 4.42 Å². The topological polar surface area (TPSA) is 134 Å². The lowest BCUT2D eigenvalue weighted by Crippen LogP contribution is -2.07. The second kappa shape index (κ2) is 8.90. The molecule has 0 aliphatic heterocycles. The number of tetrazole rings is 1. The highest BCUT2D eigenvalue weighted by Crippen LogP contribution is 2.41. The largest absolute Gasteiger partial charge is 0.455 e. The molecular formula is C25H18BrN9O. The quantitative estimate of drug-likeness (QED) is 0.297. The van der Waals surface area contributed by atoms with Gasteiger partial charge in [0, 0.05) is 34.8 Å². The van der Waals surface area contributed by atoms with E-state index >= 15 is 0 Å². The third kappa shape index (κ3) is 3.68. The van der Waals surface area contributed by atoms with Crippen LogP contribution in [-0.2, 0) is 13.0 Å². The molecule has 6 aromatic rings. The van der Waals surface area contributed by atoms with Crippen LogP contribution >= 0.6 is 15.9 Å². The number of fused-ring (bicyclic) bond motifs is 2. The van der Waals surface area contributed by atoms with Crippen molar-refractivity contribution in [2.75, 3.05) is 5.32 Å². The maximum absolute atomic E-state index is 9.38. The molecule has 0 unspecified atom stereocenters. The van der Waals surface area contributed by atoms with E-state index in [0.717, 1.165) is 50.1 Å². The molecule has 2 N–H and O–H groups in total. The van der Waals surface area contributed by atoms with E-state index in [9.17, 15) is 5.26 Å². The molecule has 4 aromatic heterocycles. The molecule has 4 heterocycles. The number of aromatic nitrogens is 7. The summed E-state index contributed by atoms with van der Waals surface area (Å²) in [5.41, 5.74) is 5.42. The molecule has 2 aromatic carbocycles. The van der Waals surface area contributed by atoms with E-state index in [1.807, 2.05) is 49.4 Å². The van der Waals surface area contributed by atoms with Crippen LogP contribution in [-0.4, -0.2) is 35.2 Å². The number of halogens is 1. The zero-order valence-electron chi connectivity index (χ0n) is 19.0. The number of nitriles is 1. The Bertz CT molecular complexity index is 1760. The number of benzene rings is 2. The molecule has 0 radical (unpaired) electrons. The van der Waals surface area contributed by atoms with Crippen LogP contribution in [0.4, 0.5) is 5.82 Å². The van der Waals surface area contributed by atoms with Gasteiger partial charge in [-0.05, 0) is 50.5 Å². The lowest BCUT2D eigenvalue weighted by molar-refractivity contribution is 0.630. The number of hydrogen-bond acceptors (Lipinski definition) is 8. The molecule has 0 aliphatic carbocycles. The van der Waals surface area contributed by atoms with Gasteiger partial charge in [0.25, 0.3) is 0 Å². The van der Waals surface area contributed by atoms with Gasteiger partial charge < -0.3 is 9.73 Å². The van der Waals surface area contributed by atoms with E-state index in [1.165, 1.54) is 6.20 Å². The monoisotopic (exact) mass is 539 g/mol. The third-order valence-electron chi connectivity index (χ3n) is 5.95. The summed E-state index contributed by atoms with van der Waals surface area (Å²) in [5, 5.41) is 32.4. The van der Waals surface area contributed by atoms with Crippen LogP contribution in [0.3, 0.4) is 0 Å². The summed E-state index contributed by atoms with van der Waals surface area (Å²) in [5.74, 6) is 2.04. The SMILES string of the molecule is CCc1cc(NCc2ccc3oc(-c4ccccc4-c4nnn[nH]4)c(Br)c3c2)n2ncc(C#N)c2n1. The maximum atomic E-state index is 9.38. The Balaban J connectivity index is 1.34. The molecule has 36 heavy (non-hydrogen) atoms. The fourth-order valence-corrected chi connectivity index (χ4v) is 4.75. The molecule has 0 amide bonds. The average molecular weight is 540 g/mol. The predicted molar refractivity (Wildman–Crippen MR) is 137 cm³/mol. The minimum atomic E-state index is 0.450. The number of aryl methyl sites for hydroxylation is 1. The molecule has 0 aliphatic rings. The number of furan rings is 1.